The van der Waals surface area contributed by atoms with E-state index in [-0.39, 0.29) is 12.2 Å². The number of anilines is 1. The van der Waals surface area contributed by atoms with Gasteiger partial charge in [-0.2, -0.15) is 0 Å². The van der Waals surface area contributed by atoms with E-state index in [9.17, 15) is 4.79 Å². The highest BCUT2D eigenvalue weighted by atomic mass is 16.6. The number of benzene rings is 1. The van der Waals surface area contributed by atoms with Crippen LogP contribution < -0.4 is 4.90 Å². The third-order valence-corrected chi connectivity index (χ3v) is 5.49. The van der Waals surface area contributed by atoms with Crippen LogP contribution in [0.5, 0.6) is 0 Å². The minimum Gasteiger partial charge on any atom is -0.444 e. The molecule has 2 aliphatic heterocycles. The van der Waals surface area contributed by atoms with Gasteiger partial charge in [0, 0.05) is 17.8 Å². The summed E-state index contributed by atoms with van der Waals surface area (Å²) in [6.45, 7) is 9.34. The van der Waals surface area contributed by atoms with Crippen LogP contribution in [0.25, 0.3) is 5.57 Å². The predicted octanol–water partition coefficient (Wildman–Crippen LogP) is 4.23. The van der Waals surface area contributed by atoms with Gasteiger partial charge in [-0.05, 0) is 69.5 Å². The molecule has 1 fully saturated rings. The molecule has 1 amide bonds. The molecule has 130 valence electrons. The molecule has 2 aliphatic rings. The number of carbonyl (C=O) groups excluding carboxylic acids is 1. The molecule has 3 atom stereocenters. The van der Waals surface area contributed by atoms with Crippen molar-refractivity contribution in [2.45, 2.75) is 58.7 Å². The Labute approximate surface area is 145 Å². The summed E-state index contributed by atoms with van der Waals surface area (Å²) >= 11 is 0. The van der Waals surface area contributed by atoms with Gasteiger partial charge in [-0.1, -0.05) is 19.1 Å². The number of hydrogen-bond donors (Lipinski definition) is 0. The van der Waals surface area contributed by atoms with Gasteiger partial charge in [-0.3, -0.25) is 9.80 Å². The number of hydrogen-bond acceptors (Lipinski definition) is 3. The molecule has 0 bridgehead atoms. The van der Waals surface area contributed by atoms with Gasteiger partial charge in [0.2, 0.25) is 0 Å². The lowest BCUT2D eigenvalue weighted by Gasteiger charge is -2.35. The summed E-state index contributed by atoms with van der Waals surface area (Å²) in [5, 5.41) is 0. The highest BCUT2D eigenvalue weighted by Gasteiger charge is 2.31. The first kappa shape index (κ1) is 17.0. The lowest BCUT2D eigenvalue weighted by molar-refractivity contribution is 0.139. The lowest BCUT2D eigenvalue weighted by atomic mass is 9.89. The summed E-state index contributed by atoms with van der Waals surface area (Å²) in [5.41, 5.74) is 4.86. The number of aryl methyl sites for hydroxylation is 1. The second-order valence-electron chi connectivity index (χ2n) is 7.17. The van der Waals surface area contributed by atoms with Crippen LogP contribution in [0.2, 0.25) is 0 Å². The molecular weight excluding hydrogens is 300 g/mol. The molecule has 2 heterocycles. The molecule has 3 unspecified atom stereocenters. The Morgan fingerprint density at radius 2 is 2.04 bits per heavy atom. The van der Waals surface area contributed by atoms with E-state index in [1.807, 2.05) is 6.92 Å². The van der Waals surface area contributed by atoms with E-state index in [1.54, 1.807) is 4.90 Å². The average molecular weight is 328 g/mol. The molecule has 1 saturated heterocycles. The van der Waals surface area contributed by atoms with Crippen LogP contribution in [-0.2, 0) is 4.74 Å². The summed E-state index contributed by atoms with van der Waals surface area (Å²) in [6, 6.07) is 7.31. The van der Waals surface area contributed by atoms with Gasteiger partial charge in [-0.15, -0.1) is 0 Å². The zero-order valence-electron chi connectivity index (χ0n) is 15.4. The number of likely N-dealkylation sites (N-methyl/N-ethyl adjacent to an activating group) is 1. The third-order valence-electron chi connectivity index (χ3n) is 5.49. The smallest absolute Gasteiger partial charge is 0.414 e. The summed E-state index contributed by atoms with van der Waals surface area (Å²) in [5.74, 6) is 0. The van der Waals surface area contributed by atoms with Crippen LogP contribution in [0.15, 0.2) is 24.3 Å². The van der Waals surface area contributed by atoms with Gasteiger partial charge in [0.15, 0.2) is 0 Å². The van der Waals surface area contributed by atoms with Crippen molar-refractivity contribution in [3.63, 3.8) is 0 Å². The number of ether oxygens (including phenoxy) is 1. The zero-order valence-corrected chi connectivity index (χ0v) is 15.4. The van der Waals surface area contributed by atoms with Crippen LogP contribution in [0.4, 0.5) is 10.5 Å². The first-order valence-corrected chi connectivity index (χ1v) is 8.92. The van der Waals surface area contributed by atoms with E-state index in [0.29, 0.717) is 18.6 Å². The van der Waals surface area contributed by atoms with Gasteiger partial charge >= 0.3 is 6.09 Å². The number of rotatable bonds is 3. The molecule has 0 spiro atoms. The first-order valence-electron chi connectivity index (χ1n) is 8.92. The van der Waals surface area contributed by atoms with Crippen LogP contribution >= 0.6 is 0 Å². The normalized spacial score (nSPS) is 28.0. The van der Waals surface area contributed by atoms with Crippen molar-refractivity contribution >= 4 is 17.4 Å². The van der Waals surface area contributed by atoms with Crippen molar-refractivity contribution in [2.24, 2.45) is 0 Å². The van der Waals surface area contributed by atoms with E-state index in [1.165, 1.54) is 16.7 Å². The molecule has 0 radical (unpaired) electrons. The maximum atomic E-state index is 12.1. The van der Waals surface area contributed by atoms with Crippen molar-refractivity contribution in [3.05, 3.63) is 35.4 Å². The number of amides is 1. The molecular formula is C20H28N2O2. The SMILES string of the molecule is CCC1CN(c2ccc(C3=CC(C)N(C)C(C)C3)c(C)c2)C(=O)O1. The largest absolute Gasteiger partial charge is 0.444 e. The maximum absolute atomic E-state index is 12.1. The Hall–Kier alpha value is -1.81. The minimum absolute atomic E-state index is 0.00997. The minimum atomic E-state index is -0.227. The fourth-order valence-electron chi connectivity index (χ4n) is 3.66. The van der Waals surface area contributed by atoms with E-state index in [2.05, 4.69) is 57.0 Å². The fourth-order valence-corrected chi connectivity index (χ4v) is 3.66. The van der Waals surface area contributed by atoms with Crippen LogP contribution in [0, 0.1) is 6.92 Å². The van der Waals surface area contributed by atoms with Gasteiger partial charge < -0.3 is 4.74 Å². The second-order valence-corrected chi connectivity index (χ2v) is 7.17. The monoisotopic (exact) mass is 328 g/mol. The highest BCUT2D eigenvalue weighted by Crippen LogP contribution is 2.33. The average Bonchev–Trinajstić information content (AvgIpc) is 2.93. The number of cyclic esters (lactones) is 1. The van der Waals surface area contributed by atoms with Crippen LogP contribution in [0.1, 0.15) is 44.7 Å². The van der Waals surface area contributed by atoms with E-state index in [4.69, 9.17) is 4.74 Å². The molecule has 24 heavy (non-hydrogen) atoms. The summed E-state index contributed by atoms with van der Waals surface area (Å²) in [7, 11) is 2.18. The van der Waals surface area contributed by atoms with Crippen molar-refractivity contribution in [1.82, 2.24) is 4.90 Å². The Morgan fingerprint density at radius 1 is 1.29 bits per heavy atom. The van der Waals surface area contributed by atoms with Gasteiger partial charge in [0.05, 0.1) is 6.54 Å². The molecule has 4 heteroatoms. The molecule has 3 rings (SSSR count). The van der Waals surface area contributed by atoms with E-state index in [0.717, 1.165) is 18.5 Å². The molecule has 0 aliphatic carbocycles. The first-order chi connectivity index (χ1) is 11.4. The van der Waals surface area contributed by atoms with Gasteiger partial charge in [-0.25, -0.2) is 4.79 Å². The van der Waals surface area contributed by atoms with Crippen LogP contribution in [0.3, 0.4) is 0 Å². The van der Waals surface area contributed by atoms with Crippen molar-refractivity contribution in [1.29, 1.82) is 0 Å². The van der Waals surface area contributed by atoms with Crippen molar-refractivity contribution in [3.8, 4) is 0 Å². The molecule has 0 aromatic heterocycles. The molecule has 4 nitrogen and oxygen atoms in total. The van der Waals surface area contributed by atoms with E-state index < -0.39 is 0 Å². The third kappa shape index (κ3) is 3.07. The summed E-state index contributed by atoms with van der Waals surface area (Å²) < 4.78 is 5.37. The topological polar surface area (TPSA) is 32.8 Å². The van der Waals surface area contributed by atoms with Crippen molar-refractivity contribution < 1.29 is 9.53 Å². The molecule has 1 aromatic rings. The van der Waals surface area contributed by atoms with Crippen LogP contribution in [-0.4, -0.2) is 42.8 Å². The fraction of sp³-hybridized carbons (Fsp3) is 0.550. The predicted molar refractivity (Wildman–Crippen MR) is 98.4 cm³/mol. The lowest BCUT2D eigenvalue weighted by Crippen LogP contribution is -2.39. The summed E-state index contributed by atoms with van der Waals surface area (Å²) in [4.78, 5) is 16.2. The molecule has 1 aromatic carbocycles. The standard InChI is InChI=1S/C20H28N2O2/c1-6-18-12-22(20(23)24-18)17-7-8-19(13(2)9-17)16-10-14(3)21(5)15(4)11-16/h7-10,14-15,18H,6,11-12H2,1-5H3. The zero-order chi connectivity index (χ0) is 17.4. The second kappa shape index (κ2) is 6.60. The maximum Gasteiger partial charge on any atom is 0.414 e. The number of carbonyl (C=O) groups is 1. The summed E-state index contributed by atoms with van der Waals surface area (Å²) in [6.07, 6.45) is 4.06. The Kier molecular flexibility index (Phi) is 4.68. The van der Waals surface area contributed by atoms with E-state index >= 15 is 0 Å². The Balaban J connectivity index is 1.86. The quantitative estimate of drug-likeness (QED) is 0.832. The van der Waals surface area contributed by atoms with Gasteiger partial charge in [0.1, 0.15) is 6.10 Å². The highest BCUT2D eigenvalue weighted by molar-refractivity contribution is 5.90. The van der Waals surface area contributed by atoms with Gasteiger partial charge in [0.25, 0.3) is 0 Å². The molecule has 0 saturated carbocycles. The Bertz CT molecular complexity index is 668. The Morgan fingerprint density at radius 3 is 2.62 bits per heavy atom. The van der Waals surface area contributed by atoms with Crippen molar-refractivity contribution in [2.75, 3.05) is 18.5 Å². The molecule has 0 N–H and O–H groups in total. The number of nitrogens with zero attached hydrogens (tertiary/aromatic N) is 2.